The Hall–Kier alpha value is -3.91. The van der Waals surface area contributed by atoms with E-state index in [4.69, 9.17) is 21.7 Å². The van der Waals surface area contributed by atoms with Crippen LogP contribution in [0.4, 0.5) is 5.13 Å². The second-order valence-electron chi connectivity index (χ2n) is 8.33. The Kier molecular flexibility index (Phi) is 9.42. The van der Waals surface area contributed by atoms with Crippen molar-refractivity contribution in [2.75, 3.05) is 30.9 Å². The number of nitrogen functional groups attached to an aromatic ring is 1. The number of thiazole rings is 1. The Morgan fingerprint density at radius 3 is 2.88 bits per heavy atom. The number of β-lactam (4-membered cyclic amide) rings is 1. The number of aryl methyl sites for hydroxylation is 1. The van der Waals surface area contributed by atoms with Gasteiger partial charge in [-0.15, -0.1) is 28.2 Å². The molecule has 40 heavy (non-hydrogen) atoms. The van der Waals surface area contributed by atoms with Crippen molar-refractivity contribution in [1.82, 2.24) is 40.7 Å². The minimum absolute atomic E-state index is 0.0888. The summed E-state index contributed by atoms with van der Waals surface area (Å²) in [6.45, 7) is 1.09. The molecule has 2 aliphatic heterocycles. The second kappa shape index (κ2) is 13.0. The molecule has 0 saturated carbocycles. The molecule has 1 saturated heterocycles. The monoisotopic (exact) mass is 610 g/mol. The van der Waals surface area contributed by atoms with Gasteiger partial charge < -0.3 is 32.0 Å². The van der Waals surface area contributed by atoms with Crippen LogP contribution in [0.3, 0.4) is 0 Å². The van der Waals surface area contributed by atoms with E-state index in [0.717, 1.165) is 24.2 Å². The first kappa shape index (κ1) is 29.1. The number of aromatic nitrogens is 5. The van der Waals surface area contributed by atoms with E-state index in [0.29, 0.717) is 29.6 Å². The molecule has 214 valence electrons. The highest BCUT2D eigenvalue weighted by atomic mass is 32.2. The van der Waals surface area contributed by atoms with Gasteiger partial charge in [-0.2, -0.15) is 0 Å². The predicted octanol–water partition coefficient (Wildman–Crippen LogP) is -1.14. The number of rotatable bonds is 13. The zero-order valence-electron chi connectivity index (χ0n) is 21.1. The Balaban J connectivity index is 1.39. The third-order valence-corrected chi connectivity index (χ3v) is 8.74. The van der Waals surface area contributed by atoms with Crippen LogP contribution >= 0.6 is 34.9 Å². The lowest BCUT2D eigenvalue weighted by molar-refractivity contribution is -0.150. The molecule has 4 heterocycles. The number of hydrogen-bond acceptors (Lipinski definition) is 14. The number of nitrogens with two attached hydrogens (primary N) is 2. The molecule has 17 nitrogen and oxygen atoms in total. The summed E-state index contributed by atoms with van der Waals surface area (Å²) in [6, 6.07) is -0.955. The second-order valence-corrected chi connectivity index (χ2v) is 11.3. The van der Waals surface area contributed by atoms with Crippen molar-refractivity contribution < 1.29 is 24.3 Å². The van der Waals surface area contributed by atoms with Crippen LogP contribution in [0.15, 0.2) is 27.0 Å². The normalized spacial score (nSPS) is 18.7. The number of oxime groups is 1. The number of anilines is 1. The highest BCUT2D eigenvalue weighted by molar-refractivity contribution is 8.01. The van der Waals surface area contributed by atoms with Crippen LogP contribution in [0.5, 0.6) is 0 Å². The number of aliphatic carboxylic acids is 1. The topological polar surface area (TPSA) is 253 Å². The number of guanidine groups is 1. The van der Waals surface area contributed by atoms with Gasteiger partial charge in [-0.1, -0.05) is 16.9 Å². The van der Waals surface area contributed by atoms with Crippen LogP contribution in [0, 0.1) is 5.41 Å². The molecule has 2 aliphatic rings. The lowest BCUT2D eigenvalue weighted by atomic mass is 10.0. The first-order chi connectivity index (χ1) is 19.2. The maximum atomic E-state index is 13.0. The Labute approximate surface area is 239 Å². The third kappa shape index (κ3) is 6.45. The van der Waals surface area contributed by atoms with E-state index < -0.39 is 29.2 Å². The van der Waals surface area contributed by atoms with E-state index in [9.17, 15) is 19.5 Å². The van der Waals surface area contributed by atoms with Crippen LogP contribution in [-0.4, -0.2) is 101 Å². The largest absolute Gasteiger partial charge is 0.477 e. The van der Waals surface area contributed by atoms with Gasteiger partial charge in [0, 0.05) is 30.0 Å². The van der Waals surface area contributed by atoms with E-state index in [-0.39, 0.29) is 33.9 Å². The molecule has 0 spiro atoms. The van der Waals surface area contributed by atoms with Gasteiger partial charge in [0.05, 0.1) is 0 Å². The number of unbranched alkanes of at least 4 members (excludes halogenated alkanes) is 1. The lowest BCUT2D eigenvalue weighted by Gasteiger charge is -2.49. The van der Waals surface area contributed by atoms with E-state index >= 15 is 0 Å². The molecule has 2 amide bonds. The van der Waals surface area contributed by atoms with E-state index in [1.54, 1.807) is 4.68 Å². The number of nitrogens with zero attached hydrogens (tertiary/aromatic N) is 7. The van der Waals surface area contributed by atoms with Gasteiger partial charge in [-0.25, -0.2) is 14.5 Å². The fourth-order valence-electron chi connectivity index (χ4n) is 3.90. The summed E-state index contributed by atoms with van der Waals surface area (Å²) in [5, 5.41) is 39.6. The third-order valence-electron chi connectivity index (χ3n) is 5.69. The minimum atomic E-state index is -1.24. The van der Waals surface area contributed by atoms with Crippen LogP contribution < -0.4 is 22.1 Å². The molecular formula is C20H26N12O5S3. The van der Waals surface area contributed by atoms with Crippen molar-refractivity contribution in [3.05, 3.63) is 22.3 Å². The summed E-state index contributed by atoms with van der Waals surface area (Å²) in [5.41, 5.74) is 11.4. The molecule has 0 aliphatic carbocycles. The van der Waals surface area contributed by atoms with E-state index in [1.165, 1.54) is 40.9 Å². The van der Waals surface area contributed by atoms with Crippen molar-refractivity contribution in [3.63, 3.8) is 0 Å². The predicted molar refractivity (Wildman–Crippen MR) is 147 cm³/mol. The zero-order chi connectivity index (χ0) is 28.8. The molecule has 2 aromatic heterocycles. The number of carbonyl (C=O) groups excluding carboxylic acids is 2. The highest BCUT2D eigenvalue weighted by Gasteiger charge is 2.54. The van der Waals surface area contributed by atoms with Gasteiger partial charge in [-0.3, -0.25) is 19.9 Å². The van der Waals surface area contributed by atoms with Gasteiger partial charge in [0.25, 0.3) is 11.8 Å². The highest BCUT2D eigenvalue weighted by Crippen LogP contribution is 2.41. The average molecular weight is 611 g/mol. The molecule has 8 N–H and O–H groups in total. The SMILES string of the molecule is CO/N=C(\C(=O)N[C@@H]1C(=O)N2C(C(=O)O)=C(CSc3nnnn3CCCCNC(=N)N)CS[C@@H]12)c1csc(N)n1. The standard InChI is InChI=1S/C20H26N12O5S3/c1-37-28-11(10-8-39-19(23)25-10)14(33)26-12-15(34)32-13(17(35)36)9(6-38-16(12)32)7-40-20-27-29-30-31(20)5-3-2-4-24-18(21)22/h8,12,16H,2-7H2,1H3,(H2,23,25)(H,26,33)(H,35,36)(H4,21,22,24)/b28-11-/t12-,16+/m1/s1. The number of tetrazole rings is 1. The molecule has 0 radical (unpaired) electrons. The molecule has 2 aromatic rings. The number of thioether (sulfide) groups is 2. The Morgan fingerprint density at radius 1 is 1.40 bits per heavy atom. The van der Waals surface area contributed by atoms with Crippen molar-refractivity contribution in [2.45, 2.75) is 36.0 Å². The molecule has 2 atom stereocenters. The first-order valence-corrected chi connectivity index (χ1v) is 14.6. The van der Waals surface area contributed by atoms with Crippen molar-refractivity contribution in [2.24, 2.45) is 10.9 Å². The summed E-state index contributed by atoms with van der Waals surface area (Å²) in [4.78, 5) is 48.1. The number of hydrogen-bond donors (Lipinski definition) is 6. The molecular weight excluding hydrogens is 585 g/mol. The smallest absolute Gasteiger partial charge is 0.352 e. The van der Waals surface area contributed by atoms with Gasteiger partial charge >= 0.3 is 5.97 Å². The molecule has 0 bridgehead atoms. The zero-order valence-corrected chi connectivity index (χ0v) is 23.5. The van der Waals surface area contributed by atoms with E-state index in [1.807, 2.05) is 0 Å². The molecule has 0 unspecified atom stereocenters. The maximum absolute atomic E-state index is 13.0. The number of fused-ring (bicyclic) bond motifs is 1. The molecule has 20 heteroatoms. The summed E-state index contributed by atoms with van der Waals surface area (Å²) < 4.78 is 1.62. The van der Waals surface area contributed by atoms with Gasteiger partial charge in [0.2, 0.25) is 5.16 Å². The number of carbonyl (C=O) groups is 3. The fraction of sp³-hybridized carbons (Fsp3) is 0.450. The maximum Gasteiger partial charge on any atom is 0.352 e. The molecule has 1 fully saturated rings. The van der Waals surface area contributed by atoms with Gasteiger partial charge in [0.15, 0.2) is 16.8 Å². The summed E-state index contributed by atoms with van der Waals surface area (Å²) in [5.74, 6) is -1.99. The Morgan fingerprint density at radius 2 is 2.20 bits per heavy atom. The number of amides is 2. The van der Waals surface area contributed by atoms with Crippen LogP contribution in [-0.2, 0) is 25.8 Å². The molecule has 0 aromatic carbocycles. The summed E-state index contributed by atoms with van der Waals surface area (Å²) in [6.07, 6.45) is 1.49. The van der Waals surface area contributed by atoms with Gasteiger partial charge in [-0.05, 0) is 28.8 Å². The number of carboxylic acid groups (broad SMARTS) is 1. The van der Waals surface area contributed by atoms with Gasteiger partial charge in [0.1, 0.15) is 29.9 Å². The van der Waals surface area contributed by atoms with Crippen LogP contribution in [0.1, 0.15) is 18.5 Å². The van der Waals surface area contributed by atoms with Crippen molar-refractivity contribution in [1.29, 1.82) is 5.41 Å². The quantitative estimate of drug-likeness (QED) is 0.0391. The number of carboxylic acids is 1. The van der Waals surface area contributed by atoms with Crippen LogP contribution in [0.2, 0.25) is 0 Å². The number of nitrogens with one attached hydrogen (secondary N) is 3. The lowest BCUT2D eigenvalue weighted by Crippen LogP contribution is -2.71. The fourth-order valence-corrected chi connectivity index (χ4v) is 6.83. The summed E-state index contributed by atoms with van der Waals surface area (Å²) in [7, 11) is 1.27. The minimum Gasteiger partial charge on any atom is -0.477 e. The first-order valence-electron chi connectivity index (χ1n) is 11.7. The van der Waals surface area contributed by atoms with E-state index in [2.05, 4.69) is 36.3 Å². The summed E-state index contributed by atoms with van der Waals surface area (Å²) >= 11 is 3.73. The average Bonchev–Trinajstić information content (AvgIpc) is 3.56. The van der Waals surface area contributed by atoms with Crippen molar-refractivity contribution in [3.8, 4) is 0 Å². The Bertz CT molecular complexity index is 1360. The van der Waals surface area contributed by atoms with Crippen LogP contribution in [0.25, 0.3) is 0 Å². The molecule has 4 rings (SSSR count). The van der Waals surface area contributed by atoms with Crippen molar-refractivity contribution >= 4 is 69.4 Å².